The van der Waals surface area contributed by atoms with Crippen LogP contribution in [0.15, 0.2) is 66.4 Å². The summed E-state index contributed by atoms with van der Waals surface area (Å²) in [7, 11) is 1.54. The first kappa shape index (κ1) is 28.5. The largest absolute Gasteiger partial charge is 0.367 e. The molecular formula is C33H41ClN2O2. The molecule has 0 fully saturated rings. The van der Waals surface area contributed by atoms with Gasteiger partial charge < -0.3 is 15.2 Å². The number of rotatable bonds is 11. The van der Waals surface area contributed by atoms with Gasteiger partial charge in [-0.25, -0.2) is 0 Å². The number of aliphatic hydroxyl groups excluding tert-OH is 1. The number of aliphatic hydroxyl groups is 1. The smallest absolute Gasteiger partial charge is 0.163 e. The lowest BCUT2D eigenvalue weighted by Crippen LogP contribution is -2.35. The highest BCUT2D eigenvalue weighted by molar-refractivity contribution is 6.30. The van der Waals surface area contributed by atoms with Gasteiger partial charge in [0.15, 0.2) is 6.29 Å². The summed E-state index contributed by atoms with van der Waals surface area (Å²) >= 11 is 6.37. The van der Waals surface area contributed by atoms with Crippen molar-refractivity contribution < 1.29 is 9.84 Å². The normalized spacial score (nSPS) is 15.4. The molecule has 0 saturated carbocycles. The first-order valence-corrected chi connectivity index (χ1v) is 14.2. The second-order valence-electron chi connectivity index (χ2n) is 10.8. The second kappa shape index (κ2) is 13.0. The molecular weight excluding hydrogens is 492 g/mol. The SMILES string of the molecule is CC/C(CCNCCCc1cccc(C(C)(C)C(O)OC)c1)=C1/c2ccc(Cl)cc2CCc2cccnc21. The molecule has 4 nitrogen and oxygen atoms in total. The Morgan fingerprint density at radius 2 is 1.89 bits per heavy atom. The van der Waals surface area contributed by atoms with Crippen LogP contribution >= 0.6 is 11.6 Å². The molecule has 0 radical (unpaired) electrons. The average molecular weight is 533 g/mol. The van der Waals surface area contributed by atoms with Gasteiger partial charge >= 0.3 is 0 Å². The maximum Gasteiger partial charge on any atom is 0.163 e. The molecule has 1 unspecified atom stereocenters. The number of aryl methyl sites for hydroxylation is 3. The van der Waals surface area contributed by atoms with Gasteiger partial charge in [0.2, 0.25) is 0 Å². The number of pyridine rings is 1. The Morgan fingerprint density at radius 3 is 2.68 bits per heavy atom. The number of hydrogen-bond donors (Lipinski definition) is 2. The van der Waals surface area contributed by atoms with E-state index < -0.39 is 11.7 Å². The van der Waals surface area contributed by atoms with Crippen LogP contribution in [0.25, 0.3) is 5.57 Å². The van der Waals surface area contributed by atoms with Crippen molar-refractivity contribution in [1.29, 1.82) is 0 Å². The summed E-state index contributed by atoms with van der Waals surface area (Å²) in [5, 5.41) is 14.7. The first-order valence-electron chi connectivity index (χ1n) is 13.8. The number of hydrogen-bond acceptors (Lipinski definition) is 4. The molecule has 2 aromatic carbocycles. The maximum atomic E-state index is 10.3. The Labute approximate surface area is 233 Å². The van der Waals surface area contributed by atoms with Gasteiger partial charge in [-0.2, -0.15) is 0 Å². The van der Waals surface area contributed by atoms with Gasteiger partial charge in [-0.1, -0.05) is 74.3 Å². The fraction of sp³-hybridized carbons (Fsp3) is 0.424. The van der Waals surface area contributed by atoms with Crippen molar-refractivity contribution in [3.63, 3.8) is 0 Å². The van der Waals surface area contributed by atoms with Crippen molar-refractivity contribution in [2.24, 2.45) is 0 Å². The molecule has 5 heteroatoms. The van der Waals surface area contributed by atoms with Gasteiger partial charge in [-0.15, -0.1) is 0 Å². The van der Waals surface area contributed by atoms with E-state index in [1.165, 1.54) is 33.4 Å². The van der Waals surface area contributed by atoms with E-state index >= 15 is 0 Å². The molecule has 4 rings (SSSR count). The molecule has 38 heavy (non-hydrogen) atoms. The molecule has 1 aliphatic rings. The standard InChI is InChI=1S/C33H41ClN2O2/c1-5-24(30-29-16-15-28(34)22-26(29)14-13-25-11-8-19-36-31(25)30)17-20-35-18-7-10-23-9-6-12-27(21-23)33(2,3)32(37)38-4/h6,8-9,11-12,15-16,19,21-22,32,35,37H,5,7,10,13-14,17-18,20H2,1-4H3/b30-24+. The molecule has 1 aromatic heterocycles. The van der Waals surface area contributed by atoms with Crippen LogP contribution in [0.5, 0.6) is 0 Å². The summed E-state index contributed by atoms with van der Waals surface area (Å²) in [6.45, 7) is 8.17. The van der Waals surface area contributed by atoms with Crippen molar-refractivity contribution >= 4 is 17.2 Å². The van der Waals surface area contributed by atoms with E-state index in [1.807, 2.05) is 32.2 Å². The molecule has 1 aliphatic carbocycles. The average Bonchev–Trinajstić information content (AvgIpc) is 3.09. The molecule has 202 valence electrons. The minimum absolute atomic E-state index is 0.456. The monoisotopic (exact) mass is 532 g/mol. The van der Waals surface area contributed by atoms with Crippen molar-refractivity contribution in [2.75, 3.05) is 20.2 Å². The van der Waals surface area contributed by atoms with E-state index in [2.05, 4.69) is 54.7 Å². The summed E-state index contributed by atoms with van der Waals surface area (Å²) in [6.07, 6.45) is 7.08. The van der Waals surface area contributed by atoms with Gasteiger partial charge in [0, 0.05) is 29.3 Å². The third-order valence-electron chi connectivity index (χ3n) is 7.84. The summed E-state index contributed by atoms with van der Waals surface area (Å²) in [5.74, 6) is 0. The van der Waals surface area contributed by atoms with Crippen LogP contribution in [0.1, 0.15) is 73.5 Å². The van der Waals surface area contributed by atoms with Crippen molar-refractivity contribution in [3.05, 3.63) is 105 Å². The Hall–Kier alpha value is -2.50. The lowest BCUT2D eigenvalue weighted by molar-refractivity contribution is -0.117. The van der Waals surface area contributed by atoms with Crippen LogP contribution in [0, 0.1) is 0 Å². The third-order valence-corrected chi connectivity index (χ3v) is 8.08. The van der Waals surface area contributed by atoms with E-state index in [9.17, 15) is 5.11 Å². The molecule has 0 bridgehead atoms. The summed E-state index contributed by atoms with van der Waals surface area (Å²) in [4.78, 5) is 4.85. The van der Waals surface area contributed by atoms with E-state index in [4.69, 9.17) is 21.3 Å². The molecule has 1 heterocycles. The molecule has 1 atom stereocenters. The lowest BCUT2D eigenvalue weighted by atomic mass is 9.83. The lowest BCUT2D eigenvalue weighted by Gasteiger charge is -2.30. The highest BCUT2D eigenvalue weighted by Crippen LogP contribution is 2.37. The summed E-state index contributed by atoms with van der Waals surface area (Å²) in [5.41, 5.74) is 9.70. The second-order valence-corrected chi connectivity index (χ2v) is 11.2. The van der Waals surface area contributed by atoms with E-state index in [0.29, 0.717) is 0 Å². The van der Waals surface area contributed by atoms with Gasteiger partial charge in [-0.3, -0.25) is 4.98 Å². The molecule has 2 N–H and O–H groups in total. The number of benzene rings is 2. The number of aromatic nitrogens is 1. The Kier molecular flexibility index (Phi) is 9.78. The third kappa shape index (κ3) is 6.55. The minimum Gasteiger partial charge on any atom is -0.367 e. The van der Waals surface area contributed by atoms with E-state index in [1.54, 1.807) is 7.11 Å². The molecule has 0 saturated heterocycles. The predicted octanol–water partition coefficient (Wildman–Crippen LogP) is 6.90. The first-order chi connectivity index (χ1) is 18.3. The number of halogens is 1. The van der Waals surface area contributed by atoms with Gasteiger partial charge in [0.05, 0.1) is 5.69 Å². The molecule has 3 aromatic rings. The molecule has 0 amide bonds. The Bertz CT molecular complexity index is 1270. The van der Waals surface area contributed by atoms with Gasteiger partial charge in [0.1, 0.15) is 0 Å². The van der Waals surface area contributed by atoms with Crippen LogP contribution in [-0.2, 0) is 29.4 Å². The minimum atomic E-state index is -0.833. The van der Waals surface area contributed by atoms with Crippen LogP contribution in [-0.4, -0.2) is 36.6 Å². The highest BCUT2D eigenvalue weighted by Gasteiger charge is 2.30. The van der Waals surface area contributed by atoms with E-state index in [0.717, 1.165) is 67.9 Å². The number of fused-ring (bicyclic) bond motifs is 2. The Balaban J connectivity index is 1.40. The fourth-order valence-electron chi connectivity index (χ4n) is 5.46. The van der Waals surface area contributed by atoms with Crippen molar-refractivity contribution in [2.45, 2.75) is 71.0 Å². The zero-order chi connectivity index (χ0) is 27.1. The van der Waals surface area contributed by atoms with E-state index in [-0.39, 0.29) is 0 Å². The van der Waals surface area contributed by atoms with Crippen LogP contribution in [0.4, 0.5) is 0 Å². The van der Waals surface area contributed by atoms with Gasteiger partial charge in [-0.05, 0) is 97.6 Å². The number of nitrogens with one attached hydrogen (secondary N) is 1. The molecule has 0 aliphatic heterocycles. The number of ether oxygens (including phenoxy) is 1. The van der Waals surface area contributed by atoms with Crippen LogP contribution in [0.2, 0.25) is 5.02 Å². The maximum absolute atomic E-state index is 10.3. The Morgan fingerprint density at radius 1 is 1.08 bits per heavy atom. The topological polar surface area (TPSA) is 54.4 Å². The fourth-order valence-corrected chi connectivity index (χ4v) is 5.65. The zero-order valence-electron chi connectivity index (χ0n) is 23.2. The highest BCUT2D eigenvalue weighted by atomic mass is 35.5. The van der Waals surface area contributed by atoms with Gasteiger partial charge in [0.25, 0.3) is 0 Å². The number of methoxy groups -OCH3 is 1. The summed E-state index contributed by atoms with van der Waals surface area (Å²) in [6, 6.07) is 19.1. The quantitative estimate of drug-likeness (QED) is 0.208. The predicted molar refractivity (Wildman–Crippen MR) is 158 cm³/mol. The van der Waals surface area contributed by atoms with Crippen molar-refractivity contribution in [3.8, 4) is 0 Å². The summed E-state index contributed by atoms with van der Waals surface area (Å²) < 4.78 is 5.19. The van der Waals surface area contributed by atoms with Crippen LogP contribution < -0.4 is 5.32 Å². The van der Waals surface area contributed by atoms with Crippen molar-refractivity contribution in [1.82, 2.24) is 10.3 Å². The number of nitrogens with zero attached hydrogens (tertiary/aromatic N) is 1. The molecule has 0 spiro atoms. The van der Waals surface area contributed by atoms with Crippen LogP contribution in [0.3, 0.4) is 0 Å². The zero-order valence-corrected chi connectivity index (χ0v) is 23.9.